The molecule has 0 bridgehead atoms. The normalized spacial score (nSPS) is 14.3. The molecule has 0 aliphatic heterocycles. The Morgan fingerprint density at radius 1 is 0.714 bits per heavy atom. The average Bonchev–Trinajstić information content (AvgIpc) is 2.92. The number of nitrogens with zero attached hydrogens (tertiary/aromatic N) is 1. The summed E-state index contributed by atoms with van der Waals surface area (Å²) in [4.78, 5) is 22.4. The SMILES string of the molecule is CCCCCCC/C=C\CCCCCCCCOCC(COP(=O)(O)OCC[N+](C)(C)C)OC(=O)CCCCCCC. The lowest BCUT2D eigenvalue weighted by Crippen LogP contribution is -2.37. The third-order valence-electron chi connectivity index (χ3n) is 7.08. The topological polar surface area (TPSA) is 91.3 Å². The van der Waals surface area contributed by atoms with Crippen molar-refractivity contribution in [1.29, 1.82) is 0 Å². The number of phosphoric ester groups is 1. The molecule has 1 N–H and O–H groups in total. The lowest BCUT2D eigenvalue weighted by molar-refractivity contribution is -0.870. The summed E-state index contributed by atoms with van der Waals surface area (Å²) < 4.78 is 34.5. The number of hydrogen-bond acceptors (Lipinski definition) is 6. The van der Waals surface area contributed by atoms with Crippen molar-refractivity contribution in [2.75, 3.05) is 54.1 Å². The van der Waals surface area contributed by atoms with Gasteiger partial charge in [0.25, 0.3) is 0 Å². The fraction of sp³-hybridized carbons (Fsp3) is 0.909. The molecule has 8 nitrogen and oxygen atoms in total. The van der Waals surface area contributed by atoms with Crippen LogP contribution in [0.25, 0.3) is 0 Å². The van der Waals surface area contributed by atoms with Gasteiger partial charge in [-0.3, -0.25) is 13.8 Å². The van der Waals surface area contributed by atoms with Gasteiger partial charge in [0.1, 0.15) is 19.3 Å². The van der Waals surface area contributed by atoms with Crippen molar-refractivity contribution < 1.29 is 37.3 Å². The van der Waals surface area contributed by atoms with E-state index in [1.54, 1.807) is 0 Å². The molecule has 0 spiro atoms. The van der Waals surface area contributed by atoms with Crippen LogP contribution in [0.3, 0.4) is 0 Å². The van der Waals surface area contributed by atoms with Gasteiger partial charge in [-0.15, -0.1) is 0 Å². The Bertz CT molecular complexity index is 696. The van der Waals surface area contributed by atoms with Gasteiger partial charge in [0.05, 0.1) is 34.4 Å². The monoisotopic (exact) mass is 620 g/mol. The number of allylic oxidation sites excluding steroid dienone is 2. The second-order valence-electron chi connectivity index (χ2n) is 12.5. The van der Waals surface area contributed by atoms with Crippen LogP contribution in [0.1, 0.15) is 136 Å². The molecule has 42 heavy (non-hydrogen) atoms. The Kier molecular flexibility index (Phi) is 27.3. The summed E-state index contributed by atoms with van der Waals surface area (Å²) in [6.45, 7) is 5.50. The molecule has 0 aliphatic carbocycles. The third kappa shape index (κ3) is 30.7. The number of likely N-dealkylation sites (N-methyl/N-ethyl adjacent to an activating group) is 1. The number of carbonyl (C=O) groups excluding carboxylic acids is 1. The highest BCUT2D eigenvalue weighted by molar-refractivity contribution is 7.47. The maximum Gasteiger partial charge on any atom is 0.472 e. The fourth-order valence-corrected chi connectivity index (χ4v) is 5.11. The first-order valence-corrected chi connectivity index (χ1v) is 18.4. The first-order chi connectivity index (χ1) is 20.1. The maximum atomic E-state index is 12.4. The number of rotatable bonds is 31. The molecule has 0 saturated heterocycles. The maximum absolute atomic E-state index is 12.4. The van der Waals surface area contributed by atoms with E-state index >= 15 is 0 Å². The molecule has 9 heteroatoms. The molecule has 250 valence electrons. The Morgan fingerprint density at radius 3 is 1.81 bits per heavy atom. The summed E-state index contributed by atoms with van der Waals surface area (Å²) in [5.74, 6) is -0.329. The van der Waals surface area contributed by atoms with Crippen LogP contribution in [0.4, 0.5) is 0 Å². The zero-order valence-electron chi connectivity index (χ0n) is 28.0. The number of unbranched alkanes of at least 4 members (excludes halogenated alkanes) is 15. The number of carbonyl (C=O) groups is 1. The van der Waals surface area contributed by atoms with E-state index in [4.69, 9.17) is 18.5 Å². The van der Waals surface area contributed by atoms with Crippen LogP contribution in [0.15, 0.2) is 12.2 Å². The van der Waals surface area contributed by atoms with E-state index in [9.17, 15) is 14.3 Å². The van der Waals surface area contributed by atoms with Gasteiger partial charge in [0, 0.05) is 13.0 Å². The minimum Gasteiger partial charge on any atom is -0.457 e. The van der Waals surface area contributed by atoms with Gasteiger partial charge in [-0.25, -0.2) is 4.57 Å². The second kappa shape index (κ2) is 27.8. The molecule has 0 rings (SSSR count). The Labute approximate surface area is 259 Å². The average molecular weight is 621 g/mol. The number of phosphoric acid groups is 1. The molecular weight excluding hydrogens is 553 g/mol. The quantitative estimate of drug-likeness (QED) is 0.0272. The number of esters is 1. The van der Waals surface area contributed by atoms with Crippen molar-refractivity contribution in [1.82, 2.24) is 0 Å². The Morgan fingerprint density at radius 2 is 1.24 bits per heavy atom. The molecule has 0 aromatic heterocycles. The van der Waals surface area contributed by atoms with Crippen LogP contribution in [-0.2, 0) is 27.9 Å². The zero-order chi connectivity index (χ0) is 31.4. The summed E-state index contributed by atoms with van der Waals surface area (Å²) in [7, 11) is 1.66. The van der Waals surface area contributed by atoms with Crippen LogP contribution in [-0.4, -0.2) is 75.6 Å². The van der Waals surface area contributed by atoms with E-state index in [1.807, 2.05) is 21.1 Å². The minimum absolute atomic E-state index is 0.0892. The lowest BCUT2D eigenvalue weighted by Gasteiger charge is -2.24. The van der Waals surface area contributed by atoms with Gasteiger partial charge in [0.2, 0.25) is 0 Å². The number of ether oxygens (including phenoxy) is 2. The highest BCUT2D eigenvalue weighted by Crippen LogP contribution is 2.43. The second-order valence-corrected chi connectivity index (χ2v) is 14.0. The summed E-state index contributed by atoms with van der Waals surface area (Å²) in [6, 6.07) is 0. The number of hydrogen-bond donors (Lipinski definition) is 1. The highest BCUT2D eigenvalue weighted by atomic mass is 31.2. The van der Waals surface area contributed by atoms with E-state index in [1.165, 1.54) is 70.6 Å². The molecule has 0 radical (unpaired) electrons. The van der Waals surface area contributed by atoms with Crippen molar-refractivity contribution in [2.45, 2.75) is 142 Å². The van der Waals surface area contributed by atoms with E-state index in [0.29, 0.717) is 24.1 Å². The first kappa shape index (κ1) is 41.2. The van der Waals surface area contributed by atoms with E-state index in [-0.39, 0.29) is 25.8 Å². The van der Waals surface area contributed by atoms with Crippen molar-refractivity contribution in [3.05, 3.63) is 12.2 Å². The predicted molar refractivity (Wildman–Crippen MR) is 174 cm³/mol. The third-order valence-corrected chi connectivity index (χ3v) is 8.06. The van der Waals surface area contributed by atoms with Crippen LogP contribution in [0.2, 0.25) is 0 Å². The Balaban J connectivity index is 4.20. The largest absolute Gasteiger partial charge is 0.472 e. The van der Waals surface area contributed by atoms with Crippen molar-refractivity contribution in [3.8, 4) is 0 Å². The molecule has 0 saturated carbocycles. The molecule has 0 aromatic rings. The van der Waals surface area contributed by atoms with Gasteiger partial charge in [0.15, 0.2) is 0 Å². The van der Waals surface area contributed by atoms with Crippen molar-refractivity contribution in [3.63, 3.8) is 0 Å². The summed E-state index contributed by atoms with van der Waals surface area (Å²) >= 11 is 0. The van der Waals surface area contributed by atoms with Gasteiger partial charge in [-0.05, 0) is 38.5 Å². The summed E-state index contributed by atoms with van der Waals surface area (Å²) in [5, 5.41) is 0. The molecule has 0 aliphatic rings. The van der Waals surface area contributed by atoms with E-state index < -0.39 is 13.9 Å². The Hall–Kier alpha value is -0.760. The van der Waals surface area contributed by atoms with E-state index in [2.05, 4.69) is 26.0 Å². The van der Waals surface area contributed by atoms with Crippen LogP contribution >= 0.6 is 7.82 Å². The first-order valence-electron chi connectivity index (χ1n) is 16.9. The van der Waals surface area contributed by atoms with Crippen molar-refractivity contribution >= 4 is 13.8 Å². The summed E-state index contributed by atoms with van der Waals surface area (Å²) in [5.41, 5.74) is 0. The molecule has 0 fully saturated rings. The van der Waals surface area contributed by atoms with E-state index in [0.717, 1.165) is 44.9 Å². The standard InChI is InChI=1S/C33H66NO7P/c1-6-8-10-12-13-14-15-16-17-18-19-20-21-23-25-28-38-30-32(41-33(35)26-24-22-11-9-7-2)31-40-42(36,37)39-29-27-34(3,4)5/h15-16,32H,6-14,17-31H2,1-5H3/p+1/b16-15-. The highest BCUT2D eigenvalue weighted by Gasteiger charge is 2.26. The van der Waals surface area contributed by atoms with Crippen LogP contribution in [0, 0.1) is 0 Å². The van der Waals surface area contributed by atoms with Gasteiger partial charge >= 0.3 is 13.8 Å². The van der Waals surface area contributed by atoms with Crippen LogP contribution < -0.4 is 0 Å². The molecular formula is C33H67NO7P+. The molecule has 0 amide bonds. The fourth-order valence-electron chi connectivity index (χ4n) is 4.37. The smallest absolute Gasteiger partial charge is 0.457 e. The van der Waals surface area contributed by atoms with Gasteiger partial charge in [-0.2, -0.15) is 0 Å². The summed E-state index contributed by atoms with van der Waals surface area (Å²) in [6.07, 6.45) is 25.5. The molecule has 0 aromatic carbocycles. The minimum atomic E-state index is -4.25. The van der Waals surface area contributed by atoms with Crippen LogP contribution in [0.5, 0.6) is 0 Å². The van der Waals surface area contributed by atoms with Gasteiger partial charge in [-0.1, -0.05) is 103 Å². The molecule has 2 atom stereocenters. The lowest BCUT2D eigenvalue weighted by atomic mass is 10.1. The molecule has 0 heterocycles. The zero-order valence-corrected chi connectivity index (χ0v) is 28.9. The predicted octanol–water partition coefficient (Wildman–Crippen LogP) is 8.76. The van der Waals surface area contributed by atoms with Gasteiger partial charge < -0.3 is 18.9 Å². The van der Waals surface area contributed by atoms with Crippen molar-refractivity contribution in [2.24, 2.45) is 0 Å². The number of quaternary nitrogens is 1. The molecule has 2 unspecified atom stereocenters.